The van der Waals surface area contributed by atoms with Crippen molar-refractivity contribution in [1.82, 2.24) is 9.97 Å². The standard InChI is InChI=1S/C11H11N3O2/c12-10-11(14-5-4-13-10)16-9-3-1-2-8(6-9)7-15/h1-6,15H,7H2,(H2,12,13). The number of hydrogen-bond acceptors (Lipinski definition) is 5. The summed E-state index contributed by atoms with van der Waals surface area (Å²) in [6.45, 7) is -0.0346. The summed E-state index contributed by atoms with van der Waals surface area (Å²) >= 11 is 0. The molecule has 0 bridgehead atoms. The zero-order chi connectivity index (χ0) is 11.4. The number of nitrogen functional groups attached to an aromatic ring is 1. The van der Waals surface area contributed by atoms with Gasteiger partial charge in [-0.25, -0.2) is 9.97 Å². The van der Waals surface area contributed by atoms with Crippen LogP contribution < -0.4 is 10.5 Å². The van der Waals surface area contributed by atoms with E-state index in [9.17, 15) is 0 Å². The van der Waals surface area contributed by atoms with Crippen molar-refractivity contribution in [3.8, 4) is 11.6 Å². The van der Waals surface area contributed by atoms with Gasteiger partial charge in [0, 0.05) is 12.4 Å². The molecule has 0 saturated carbocycles. The van der Waals surface area contributed by atoms with E-state index in [0.717, 1.165) is 5.56 Å². The molecule has 0 aliphatic heterocycles. The monoisotopic (exact) mass is 217 g/mol. The second-order valence-corrected chi connectivity index (χ2v) is 3.15. The number of hydrogen-bond donors (Lipinski definition) is 2. The zero-order valence-corrected chi connectivity index (χ0v) is 8.50. The highest BCUT2D eigenvalue weighted by Gasteiger charge is 2.04. The molecular formula is C11H11N3O2. The average Bonchev–Trinajstić information content (AvgIpc) is 2.32. The van der Waals surface area contributed by atoms with Crippen LogP contribution in [0.4, 0.5) is 5.82 Å². The van der Waals surface area contributed by atoms with Crippen molar-refractivity contribution in [1.29, 1.82) is 0 Å². The van der Waals surface area contributed by atoms with Crippen molar-refractivity contribution in [3.05, 3.63) is 42.2 Å². The molecule has 0 amide bonds. The fourth-order valence-electron chi connectivity index (χ4n) is 1.23. The van der Waals surface area contributed by atoms with Crippen LogP contribution in [0.1, 0.15) is 5.56 Å². The molecule has 0 spiro atoms. The van der Waals surface area contributed by atoms with Crippen LogP contribution in [0.5, 0.6) is 11.6 Å². The number of nitrogens with zero attached hydrogens (tertiary/aromatic N) is 2. The van der Waals surface area contributed by atoms with Gasteiger partial charge >= 0.3 is 0 Å². The SMILES string of the molecule is Nc1nccnc1Oc1cccc(CO)c1. The van der Waals surface area contributed by atoms with E-state index in [-0.39, 0.29) is 18.3 Å². The van der Waals surface area contributed by atoms with Crippen LogP contribution in [0.3, 0.4) is 0 Å². The lowest BCUT2D eigenvalue weighted by Crippen LogP contribution is -1.97. The number of ether oxygens (including phenoxy) is 1. The van der Waals surface area contributed by atoms with Gasteiger partial charge in [-0.2, -0.15) is 0 Å². The van der Waals surface area contributed by atoms with E-state index >= 15 is 0 Å². The number of rotatable bonds is 3. The van der Waals surface area contributed by atoms with E-state index in [1.165, 1.54) is 12.4 Å². The number of benzene rings is 1. The molecule has 82 valence electrons. The maximum Gasteiger partial charge on any atom is 0.262 e. The van der Waals surface area contributed by atoms with Crippen LogP contribution in [-0.4, -0.2) is 15.1 Å². The van der Waals surface area contributed by atoms with Crippen LogP contribution in [0.2, 0.25) is 0 Å². The Morgan fingerprint density at radius 1 is 1.25 bits per heavy atom. The fourth-order valence-corrected chi connectivity index (χ4v) is 1.23. The smallest absolute Gasteiger partial charge is 0.262 e. The molecule has 0 atom stereocenters. The van der Waals surface area contributed by atoms with Crippen molar-refractivity contribution >= 4 is 5.82 Å². The molecular weight excluding hydrogens is 206 g/mol. The molecule has 0 saturated heterocycles. The number of aliphatic hydroxyl groups is 1. The van der Waals surface area contributed by atoms with Crippen molar-refractivity contribution in [2.24, 2.45) is 0 Å². The Hall–Kier alpha value is -2.14. The third kappa shape index (κ3) is 2.26. The lowest BCUT2D eigenvalue weighted by molar-refractivity contribution is 0.281. The van der Waals surface area contributed by atoms with Gasteiger partial charge in [0.1, 0.15) is 5.75 Å². The largest absolute Gasteiger partial charge is 0.436 e. The van der Waals surface area contributed by atoms with Gasteiger partial charge in [0.2, 0.25) is 0 Å². The first-order chi connectivity index (χ1) is 7.79. The van der Waals surface area contributed by atoms with Crippen molar-refractivity contribution in [2.75, 3.05) is 5.73 Å². The Morgan fingerprint density at radius 2 is 2.06 bits per heavy atom. The molecule has 5 heteroatoms. The third-order valence-corrected chi connectivity index (χ3v) is 1.99. The van der Waals surface area contributed by atoms with Gasteiger partial charge in [0.25, 0.3) is 5.88 Å². The molecule has 1 heterocycles. The first-order valence-electron chi connectivity index (χ1n) is 4.74. The lowest BCUT2D eigenvalue weighted by Gasteiger charge is -2.06. The topological polar surface area (TPSA) is 81.3 Å². The summed E-state index contributed by atoms with van der Waals surface area (Å²) in [4.78, 5) is 7.82. The van der Waals surface area contributed by atoms with Gasteiger partial charge in [-0.05, 0) is 17.7 Å². The Labute approximate surface area is 92.5 Å². The molecule has 1 aromatic heterocycles. The molecule has 0 unspecified atom stereocenters. The Morgan fingerprint density at radius 3 is 2.81 bits per heavy atom. The predicted octanol–water partition coefficient (Wildman–Crippen LogP) is 1.34. The molecule has 2 aromatic rings. The summed E-state index contributed by atoms with van der Waals surface area (Å²) < 4.78 is 5.44. The van der Waals surface area contributed by atoms with Gasteiger partial charge in [-0.1, -0.05) is 12.1 Å². The average molecular weight is 217 g/mol. The molecule has 0 radical (unpaired) electrons. The van der Waals surface area contributed by atoms with Crippen LogP contribution >= 0.6 is 0 Å². The molecule has 0 fully saturated rings. The minimum atomic E-state index is -0.0346. The van der Waals surface area contributed by atoms with Crippen molar-refractivity contribution in [3.63, 3.8) is 0 Å². The maximum atomic E-state index is 8.97. The molecule has 16 heavy (non-hydrogen) atoms. The third-order valence-electron chi connectivity index (χ3n) is 1.99. The van der Waals surface area contributed by atoms with E-state index in [2.05, 4.69) is 9.97 Å². The fraction of sp³-hybridized carbons (Fsp3) is 0.0909. The highest BCUT2D eigenvalue weighted by Crippen LogP contribution is 2.23. The molecule has 0 aliphatic rings. The van der Waals surface area contributed by atoms with E-state index in [0.29, 0.717) is 5.75 Å². The predicted molar refractivity (Wildman–Crippen MR) is 58.9 cm³/mol. The second kappa shape index (κ2) is 4.59. The highest BCUT2D eigenvalue weighted by atomic mass is 16.5. The zero-order valence-electron chi connectivity index (χ0n) is 8.50. The molecule has 3 N–H and O–H groups in total. The Kier molecular flexibility index (Phi) is 2.98. The first-order valence-corrected chi connectivity index (χ1v) is 4.74. The van der Waals surface area contributed by atoms with Gasteiger partial charge < -0.3 is 15.6 Å². The van der Waals surface area contributed by atoms with Gasteiger partial charge in [0.05, 0.1) is 6.61 Å². The normalized spacial score (nSPS) is 10.1. The van der Waals surface area contributed by atoms with Gasteiger partial charge in [-0.15, -0.1) is 0 Å². The first kappa shape index (κ1) is 10.4. The van der Waals surface area contributed by atoms with E-state index < -0.39 is 0 Å². The van der Waals surface area contributed by atoms with Crippen molar-refractivity contribution < 1.29 is 9.84 Å². The summed E-state index contributed by atoms with van der Waals surface area (Å²) in [6, 6.07) is 7.06. The van der Waals surface area contributed by atoms with Crippen LogP contribution in [-0.2, 0) is 6.61 Å². The minimum absolute atomic E-state index is 0.0346. The van der Waals surface area contributed by atoms with E-state index in [1.807, 2.05) is 0 Å². The van der Waals surface area contributed by atoms with E-state index in [1.54, 1.807) is 24.3 Å². The number of nitrogens with two attached hydrogens (primary N) is 1. The minimum Gasteiger partial charge on any atom is -0.436 e. The van der Waals surface area contributed by atoms with Crippen LogP contribution in [0.15, 0.2) is 36.7 Å². The van der Waals surface area contributed by atoms with Crippen LogP contribution in [0.25, 0.3) is 0 Å². The number of anilines is 1. The van der Waals surface area contributed by atoms with E-state index in [4.69, 9.17) is 15.6 Å². The molecule has 0 aliphatic carbocycles. The van der Waals surface area contributed by atoms with Gasteiger partial charge in [0.15, 0.2) is 5.82 Å². The molecule has 5 nitrogen and oxygen atoms in total. The van der Waals surface area contributed by atoms with Crippen molar-refractivity contribution in [2.45, 2.75) is 6.61 Å². The maximum absolute atomic E-state index is 8.97. The molecule has 1 aromatic carbocycles. The summed E-state index contributed by atoms with van der Waals surface area (Å²) in [5.41, 5.74) is 6.35. The summed E-state index contributed by atoms with van der Waals surface area (Å²) in [6.07, 6.45) is 2.99. The number of aromatic nitrogens is 2. The molecule has 2 rings (SSSR count). The summed E-state index contributed by atoms with van der Waals surface area (Å²) in [5.74, 6) is 1.06. The Bertz CT molecular complexity index is 488. The summed E-state index contributed by atoms with van der Waals surface area (Å²) in [5, 5.41) is 8.97. The summed E-state index contributed by atoms with van der Waals surface area (Å²) in [7, 11) is 0. The number of aliphatic hydroxyl groups excluding tert-OH is 1. The second-order valence-electron chi connectivity index (χ2n) is 3.15. The highest BCUT2D eigenvalue weighted by molar-refractivity contribution is 5.42. The lowest BCUT2D eigenvalue weighted by atomic mass is 10.2. The van der Waals surface area contributed by atoms with Crippen LogP contribution in [0, 0.1) is 0 Å². The van der Waals surface area contributed by atoms with Gasteiger partial charge in [-0.3, -0.25) is 0 Å². The Balaban J connectivity index is 2.24. The quantitative estimate of drug-likeness (QED) is 0.810.